The van der Waals surface area contributed by atoms with Crippen molar-refractivity contribution in [3.63, 3.8) is 0 Å². The molecule has 1 aromatic carbocycles. The lowest BCUT2D eigenvalue weighted by Gasteiger charge is -2.11. The van der Waals surface area contributed by atoms with Crippen LogP contribution in [0, 0.1) is 5.82 Å². The van der Waals surface area contributed by atoms with Gasteiger partial charge in [0.2, 0.25) is 0 Å². The van der Waals surface area contributed by atoms with Crippen molar-refractivity contribution in [3.8, 4) is 0 Å². The Labute approximate surface area is 86.5 Å². The number of halogens is 2. The van der Waals surface area contributed by atoms with Crippen LogP contribution in [0.3, 0.4) is 0 Å². The molecule has 82 valence electrons. The fourth-order valence-corrected chi connectivity index (χ4v) is 1.41. The van der Waals surface area contributed by atoms with Crippen molar-refractivity contribution >= 4 is 5.97 Å². The third-order valence-corrected chi connectivity index (χ3v) is 2.20. The fourth-order valence-electron chi connectivity index (χ4n) is 1.41. The molecule has 15 heavy (non-hydrogen) atoms. The van der Waals surface area contributed by atoms with Crippen LogP contribution in [-0.2, 0) is 4.79 Å². The fraction of sp³-hybridized carbons (Fsp3) is 0.364. The minimum Gasteiger partial charge on any atom is -0.481 e. The van der Waals surface area contributed by atoms with Gasteiger partial charge in [-0.1, -0.05) is 12.1 Å². The maximum absolute atomic E-state index is 12.6. The highest BCUT2D eigenvalue weighted by molar-refractivity contribution is 5.75. The minimum absolute atomic E-state index is 0.203. The van der Waals surface area contributed by atoms with Crippen molar-refractivity contribution in [1.82, 2.24) is 0 Å². The van der Waals surface area contributed by atoms with Gasteiger partial charge in [0.25, 0.3) is 0 Å². The van der Waals surface area contributed by atoms with Crippen LogP contribution in [-0.4, -0.2) is 17.8 Å². The molecule has 2 nitrogen and oxygen atoms in total. The summed E-state index contributed by atoms with van der Waals surface area (Å²) in [7, 11) is 0. The highest BCUT2D eigenvalue weighted by Crippen LogP contribution is 2.21. The molecule has 1 atom stereocenters. The summed E-state index contributed by atoms with van der Waals surface area (Å²) in [6.07, 6.45) is 0.436. The zero-order valence-corrected chi connectivity index (χ0v) is 8.12. The summed E-state index contributed by atoms with van der Waals surface area (Å²) < 4.78 is 24.5. The van der Waals surface area contributed by atoms with Crippen LogP contribution in [0.1, 0.15) is 24.3 Å². The standard InChI is InChI=1S/C11H12F2O2/c12-7-1-2-10(11(14)15)8-3-5-9(13)6-4-8/h3-6,10H,1-2,7H2,(H,14,15). The van der Waals surface area contributed by atoms with Gasteiger partial charge in [0.1, 0.15) is 5.82 Å². The lowest BCUT2D eigenvalue weighted by Crippen LogP contribution is -2.11. The zero-order chi connectivity index (χ0) is 11.3. The molecule has 1 unspecified atom stereocenters. The van der Waals surface area contributed by atoms with Gasteiger partial charge in [0.15, 0.2) is 0 Å². The van der Waals surface area contributed by atoms with E-state index >= 15 is 0 Å². The zero-order valence-electron chi connectivity index (χ0n) is 8.12. The lowest BCUT2D eigenvalue weighted by molar-refractivity contribution is -0.139. The number of hydrogen-bond acceptors (Lipinski definition) is 1. The Morgan fingerprint density at radius 2 is 1.93 bits per heavy atom. The predicted molar refractivity (Wildman–Crippen MR) is 52.0 cm³/mol. The van der Waals surface area contributed by atoms with E-state index in [1.165, 1.54) is 24.3 Å². The second-order valence-corrected chi connectivity index (χ2v) is 3.27. The second kappa shape index (κ2) is 5.44. The van der Waals surface area contributed by atoms with Crippen molar-refractivity contribution in [2.75, 3.05) is 6.67 Å². The molecular formula is C11H12F2O2. The van der Waals surface area contributed by atoms with Gasteiger partial charge in [0, 0.05) is 0 Å². The molecule has 0 amide bonds. The number of alkyl halides is 1. The van der Waals surface area contributed by atoms with E-state index < -0.39 is 24.4 Å². The Hall–Kier alpha value is -1.45. The van der Waals surface area contributed by atoms with Crippen molar-refractivity contribution in [3.05, 3.63) is 35.6 Å². The molecular weight excluding hydrogens is 202 g/mol. The highest BCUT2D eigenvalue weighted by Gasteiger charge is 2.18. The van der Waals surface area contributed by atoms with E-state index in [1.807, 2.05) is 0 Å². The Bertz CT molecular complexity index is 322. The van der Waals surface area contributed by atoms with Crippen molar-refractivity contribution in [2.24, 2.45) is 0 Å². The summed E-state index contributed by atoms with van der Waals surface area (Å²) in [5, 5.41) is 8.91. The van der Waals surface area contributed by atoms with Gasteiger partial charge in [-0.3, -0.25) is 9.18 Å². The second-order valence-electron chi connectivity index (χ2n) is 3.27. The van der Waals surface area contributed by atoms with Crippen molar-refractivity contribution < 1.29 is 18.7 Å². The van der Waals surface area contributed by atoms with Crippen LogP contribution in [0.2, 0.25) is 0 Å². The third-order valence-electron chi connectivity index (χ3n) is 2.20. The summed E-state index contributed by atoms with van der Waals surface area (Å²) in [6.45, 7) is -0.537. The number of carboxylic acids is 1. The van der Waals surface area contributed by atoms with Crippen molar-refractivity contribution in [1.29, 1.82) is 0 Å². The van der Waals surface area contributed by atoms with Gasteiger partial charge in [-0.2, -0.15) is 0 Å². The average Bonchev–Trinajstić information content (AvgIpc) is 2.21. The van der Waals surface area contributed by atoms with E-state index in [0.29, 0.717) is 5.56 Å². The van der Waals surface area contributed by atoms with Gasteiger partial charge < -0.3 is 5.11 Å². The van der Waals surface area contributed by atoms with Gasteiger partial charge >= 0.3 is 5.97 Å². The molecule has 1 aromatic rings. The Kier molecular flexibility index (Phi) is 4.21. The summed E-state index contributed by atoms with van der Waals surface area (Å²) in [6, 6.07) is 5.26. The Morgan fingerprint density at radius 1 is 1.33 bits per heavy atom. The predicted octanol–water partition coefficient (Wildman–Crippen LogP) is 2.74. The number of rotatable bonds is 5. The first-order valence-corrected chi connectivity index (χ1v) is 4.69. The molecule has 0 fully saturated rings. The van der Waals surface area contributed by atoms with Crippen LogP contribution in [0.15, 0.2) is 24.3 Å². The smallest absolute Gasteiger partial charge is 0.310 e. The van der Waals surface area contributed by atoms with E-state index in [2.05, 4.69) is 0 Å². The molecule has 0 bridgehead atoms. The Morgan fingerprint density at radius 3 is 2.40 bits per heavy atom. The molecule has 1 rings (SSSR count). The first kappa shape index (κ1) is 11.6. The molecule has 0 saturated carbocycles. The van der Waals surface area contributed by atoms with E-state index in [9.17, 15) is 13.6 Å². The van der Waals surface area contributed by atoms with Gasteiger partial charge in [-0.05, 0) is 30.5 Å². The number of benzene rings is 1. The molecule has 0 spiro atoms. The van der Waals surface area contributed by atoms with Crippen LogP contribution in [0.4, 0.5) is 8.78 Å². The largest absolute Gasteiger partial charge is 0.481 e. The van der Waals surface area contributed by atoms with E-state index in [1.54, 1.807) is 0 Å². The first-order valence-electron chi connectivity index (χ1n) is 4.69. The lowest BCUT2D eigenvalue weighted by atomic mass is 9.95. The average molecular weight is 214 g/mol. The molecule has 0 radical (unpaired) electrons. The number of carbonyl (C=O) groups is 1. The van der Waals surface area contributed by atoms with Gasteiger partial charge in [-0.25, -0.2) is 4.39 Å². The maximum Gasteiger partial charge on any atom is 0.310 e. The van der Waals surface area contributed by atoms with E-state index in [4.69, 9.17) is 5.11 Å². The van der Waals surface area contributed by atoms with E-state index in [0.717, 1.165) is 0 Å². The van der Waals surface area contributed by atoms with Gasteiger partial charge in [-0.15, -0.1) is 0 Å². The summed E-state index contributed by atoms with van der Waals surface area (Å²) in [4.78, 5) is 10.9. The topological polar surface area (TPSA) is 37.3 Å². The quantitative estimate of drug-likeness (QED) is 0.818. The number of hydrogen-bond donors (Lipinski definition) is 1. The minimum atomic E-state index is -1.00. The van der Waals surface area contributed by atoms with Gasteiger partial charge in [0.05, 0.1) is 12.6 Å². The first-order chi connectivity index (χ1) is 7.15. The highest BCUT2D eigenvalue weighted by atomic mass is 19.1. The third kappa shape index (κ3) is 3.31. The monoisotopic (exact) mass is 214 g/mol. The molecule has 0 aliphatic heterocycles. The molecule has 0 heterocycles. The molecule has 0 aromatic heterocycles. The SMILES string of the molecule is O=C(O)C(CCCF)c1ccc(F)cc1. The summed E-state index contributed by atoms with van der Waals surface area (Å²) >= 11 is 0. The van der Waals surface area contributed by atoms with Crippen LogP contribution >= 0.6 is 0 Å². The molecule has 0 aliphatic rings. The van der Waals surface area contributed by atoms with E-state index in [-0.39, 0.29) is 12.8 Å². The molecule has 4 heteroatoms. The normalized spacial score (nSPS) is 12.4. The Balaban J connectivity index is 2.79. The van der Waals surface area contributed by atoms with Crippen LogP contribution in [0.5, 0.6) is 0 Å². The van der Waals surface area contributed by atoms with Crippen molar-refractivity contribution in [2.45, 2.75) is 18.8 Å². The molecule has 0 aliphatic carbocycles. The summed E-state index contributed by atoms with van der Waals surface area (Å²) in [5.74, 6) is -2.16. The van der Waals surface area contributed by atoms with Crippen LogP contribution < -0.4 is 0 Å². The van der Waals surface area contributed by atoms with Crippen LogP contribution in [0.25, 0.3) is 0 Å². The molecule has 1 N–H and O–H groups in total. The molecule has 0 saturated heterocycles. The number of aliphatic carboxylic acids is 1. The summed E-state index contributed by atoms with van der Waals surface area (Å²) in [5.41, 5.74) is 0.511. The maximum atomic E-state index is 12.6. The number of carboxylic acid groups (broad SMARTS) is 1.